The van der Waals surface area contributed by atoms with E-state index >= 15 is 0 Å². The molecule has 2 aromatic carbocycles. The van der Waals surface area contributed by atoms with E-state index < -0.39 is 17.8 Å². The molecule has 8 heteroatoms. The molecule has 31 heavy (non-hydrogen) atoms. The third-order valence-electron chi connectivity index (χ3n) is 5.60. The molecule has 1 fully saturated rings. The highest BCUT2D eigenvalue weighted by atomic mass is 19.1. The van der Waals surface area contributed by atoms with Crippen molar-refractivity contribution in [1.29, 1.82) is 0 Å². The first kappa shape index (κ1) is 19.6. The summed E-state index contributed by atoms with van der Waals surface area (Å²) in [5.41, 5.74) is 1.69. The molecule has 0 bridgehead atoms. The number of morpholine rings is 1. The highest BCUT2D eigenvalue weighted by Gasteiger charge is 2.31. The minimum atomic E-state index is -0.797. The van der Waals surface area contributed by atoms with E-state index in [0.717, 1.165) is 5.56 Å². The van der Waals surface area contributed by atoms with Gasteiger partial charge in [0.25, 0.3) is 11.8 Å². The van der Waals surface area contributed by atoms with Gasteiger partial charge in [-0.2, -0.15) is 0 Å². The summed E-state index contributed by atoms with van der Waals surface area (Å²) in [7, 11) is 0. The van der Waals surface area contributed by atoms with Crippen LogP contribution in [0.15, 0.2) is 46.9 Å². The minimum absolute atomic E-state index is 0.0821. The first-order valence-electron chi connectivity index (χ1n) is 10.2. The number of carbonyl (C=O) groups excluding carboxylic acids is 2. The fourth-order valence-corrected chi connectivity index (χ4v) is 3.96. The predicted molar refractivity (Wildman–Crippen MR) is 111 cm³/mol. The lowest BCUT2D eigenvalue weighted by Gasteiger charge is -2.27. The van der Waals surface area contributed by atoms with Crippen LogP contribution in [0.3, 0.4) is 0 Å². The normalized spacial score (nSPS) is 18.4. The zero-order valence-corrected chi connectivity index (χ0v) is 16.7. The van der Waals surface area contributed by atoms with E-state index in [1.54, 1.807) is 29.2 Å². The fraction of sp³-hybridized carbons (Fsp3) is 0.304. The second-order valence-corrected chi connectivity index (χ2v) is 7.59. The quantitative estimate of drug-likeness (QED) is 0.697. The number of furan rings is 1. The largest absolute Gasteiger partial charge is 0.480 e. The van der Waals surface area contributed by atoms with Crippen LogP contribution in [-0.2, 0) is 16.0 Å². The van der Waals surface area contributed by atoms with E-state index in [1.165, 1.54) is 12.1 Å². The molecular weight excluding hydrogens is 403 g/mol. The van der Waals surface area contributed by atoms with Crippen molar-refractivity contribution in [1.82, 2.24) is 4.90 Å². The summed E-state index contributed by atoms with van der Waals surface area (Å²) in [5, 5.41) is 3.47. The Kier molecular flexibility index (Phi) is 5.07. The molecule has 1 unspecified atom stereocenters. The van der Waals surface area contributed by atoms with Crippen molar-refractivity contribution in [3.05, 3.63) is 59.6 Å². The maximum absolute atomic E-state index is 13.6. The Labute approximate surface area is 177 Å². The number of benzene rings is 2. The van der Waals surface area contributed by atoms with Crippen LogP contribution in [0.1, 0.15) is 22.5 Å². The van der Waals surface area contributed by atoms with E-state index in [2.05, 4.69) is 5.32 Å². The van der Waals surface area contributed by atoms with Gasteiger partial charge in [-0.25, -0.2) is 4.39 Å². The van der Waals surface area contributed by atoms with Crippen LogP contribution >= 0.6 is 0 Å². The summed E-state index contributed by atoms with van der Waals surface area (Å²) < 4.78 is 30.5. The number of amides is 2. The number of para-hydroxylation sites is 1. The van der Waals surface area contributed by atoms with Gasteiger partial charge in [0.15, 0.2) is 6.10 Å². The topological polar surface area (TPSA) is 81.0 Å². The maximum Gasteiger partial charge on any atom is 0.291 e. The van der Waals surface area contributed by atoms with Crippen molar-refractivity contribution in [2.45, 2.75) is 18.9 Å². The smallest absolute Gasteiger partial charge is 0.291 e. The van der Waals surface area contributed by atoms with Crippen molar-refractivity contribution in [2.75, 3.05) is 31.6 Å². The molecule has 7 nitrogen and oxygen atoms in total. The first-order valence-corrected chi connectivity index (χ1v) is 10.2. The van der Waals surface area contributed by atoms with Crippen LogP contribution in [0.5, 0.6) is 5.75 Å². The Morgan fingerprint density at radius 1 is 1.10 bits per heavy atom. The number of aryl methyl sites for hydroxylation is 1. The number of hydrogen-bond donors (Lipinski definition) is 1. The highest BCUT2D eigenvalue weighted by molar-refractivity contribution is 6.11. The van der Waals surface area contributed by atoms with Crippen molar-refractivity contribution in [3.8, 4) is 5.75 Å². The lowest BCUT2D eigenvalue weighted by atomic mass is 10.0. The Bertz CT molecular complexity index is 1150. The van der Waals surface area contributed by atoms with Gasteiger partial charge in [-0.1, -0.05) is 18.2 Å². The van der Waals surface area contributed by atoms with E-state index in [0.29, 0.717) is 61.6 Å². The van der Waals surface area contributed by atoms with Crippen molar-refractivity contribution < 1.29 is 27.9 Å². The number of halogens is 1. The van der Waals surface area contributed by atoms with E-state index in [1.807, 2.05) is 6.07 Å². The Balaban J connectivity index is 1.43. The van der Waals surface area contributed by atoms with Crippen LogP contribution in [0.25, 0.3) is 11.0 Å². The van der Waals surface area contributed by atoms with Crippen LogP contribution in [-0.4, -0.2) is 49.1 Å². The fourth-order valence-electron chi connectivity index (χ4n) is 3.96. The van der Waals surface area contributed by atoms with Crippen molar-refractivity contribution in [2.24, 2.45) is 0 Å². The van der Waals surface area contributed by atoms with Crippen LogP contribution in [0, 0.1) is 5.82 Å². The maximum atomic E-state index is 13.6. The van der Waals surface area contributed by atoms with Gasteiger partial charge in [0, 0.05) is 24.5 Å². The Morgan fingerprint density at radius 2 is 1.90 bits per heavy atom. The summed E-state index contributed by atoms with van der Waals surface area (Å²) in [6.07, 6.45) is 0.251. The summed E-state index contributed by atoms with van der Waals surface area (Å²) in [6.45, 7) is 1.83. The average molecular weight is 424 g/mol. The number of hydrogen-bond acceptors (Lipinski definition) is 5. The second kappa shape index (κ2) is 8.03. The van der Waals surface area contributed by atoms with Crippen LogP contribution in [0.2, 0.25) is 0 Å². The molecule has 3 heterocycles. The number of rotatable bonds is 3. The SMILES string of the molecule is O=C(Nc1c(C(=O)N2CCOCC2)oc2ccccc12)C1CCc2ccc(F)cc2O1. The molecule has 2 aliphatic heterocycles. The number of carbonyl (C=O) groups is 2. The standard InChI is InChI=1S/C23H21FN2O5/c24-15-7-5-14-6-8-18(30-19(14)13-15)22(27)25-20-16-3-1-2-4-17(16)31-21(20)23(28)26-9-11-29-12-10-26/h1-5,7,13,18H,6,8-12H2,(H,25,27). The highest BCUT2D eigenvalue weighted by Crippen LogP contribution is 2.33. The molecule has 2 aliphatic rings. The van der Waals surface area contributed by atoms with Gasteiger partial charge >= 0.3 is 0 Å². The summed E-state index contributed by atoms with van der Waals surface area (Å²) >= 11 is 0. The third kappa shape index (κ3) is 3.74. The predicted octanol–water partition coefficient (Wildman–Crippen LogP) is 3.38. The minimum Gasteiger partial charge on any atom is -0.480 e. The number of anilines is 1. The van der Waals surface area contributed by atoms with Crippen molar-refractivity contribution >= 4 is 28.5 Å². The van der Waals surface area contributed by atoms with Gasteiger partial charge < -0.3 is 24.1 Å². The number of nitrogens with one attached hydrogen (secondary N) is 1. The second-order valence-electron chi connectivity index (χ2n) is 7.59. The molecule has 1 atom stereocenters. The molecular formula is C23H21FN2O5. The average Bonchev–Trinajstić information content (AvgIpc) is 3.17. The third-order valence-corrected chi connectivity index (χ3v) is 5.60. The van der Waals surface area contributed by atoms with Crippen LogP contribution in [0.4, 0.5) is 10.1 Å². The monoisotopic (exact) mass is 424 g/mol. The molecule has 1 N–H and O–H groups in total. The molecule has 0 aliphatic carbocycles. The molecule has 2 amide bonds. The molecule has 0 saturated carbocycles. The lowest BCUT2D eigenvalue weighted by molar-refractivity contribution is -0.123. The first-order chi connectivity index (χ1) is 15.1. The Hall–Kier alpha value is -3.39. The van der Waals surface area contributed by atoms with Gasteiger partial charge in [0.2, 0.25) is 5.76 Å². The van der Waals surface area contributed by atoms with E-state index in [4.69, 9.17) is 13.9 Å². The molecule has 1 saturated heterocycles. The number of fused-ring (bicyclic) bond motifs is 2. The van der Waals surface area contributed by atoms with E-state index in [-0.39, 0.29) is 11.7 Å². The molecule has 0 spiro atoms. The number of nitrogens with zero attached hydrogens (tertiary/aromatic N) is 1. The van der Waals surface area contributed by atoms with Gasteiger partial charge in [0.05, 0.1) is 13.2 Å². The van der Waals surface area contributed by atoms with Gasteiger partial charge in [-0.05, 0) is 36.6 Å². The zero-order valence-electron chi connectivity index (χ0n) is 16.7. The summed E-state index contributed by atoms with van der Waals surface area (Å²) in [6, 6.07) is 11.5. The lowest BCUT2D eigenvalue weighted by Crippen LogP contribution is -2.41. The molecule has 3 aromatic rings. The van der Waals surface area contributed by atoms with Gasteiger partial charge in [0.1, 0.15) is 22.8 Å². The van der Waals surface area contributed by atoms with Gasteiger partial charge in [-0.15, -0.1) is 0 Å². The molecule has 0 radical (unpaired) electrons. The van der Waals surface area contributed by atoms with Gasteiger partial charge in [-0.3, -0.25) is 9.59 Å². The van der Waals surface area contributed by atoms with Crippen molar-refractivity contribution in [3.63, 3.8) is 0 Å². The zero-order chi connectivity index (χ0) is 21.4. The molecule has 160 valence electrons. The summed E-state index contributed by atoms with van der Waals surface area (Å²) in [5.74, 6) is -0.671. The van der Waals surface area contributed by atoms with Crippen LogP contribution < -0.4 is 10.1 Å². The van der Waals surface area contributed by atoms with E-state index in [9.17, 15) is 14.0 Å². The molecule has 1 aromatic heterocycles. The summed E-state index contributed by atoms with van der Waals surface area (Å²) in [4.78, 5) is 27.8. The molecule has 5 rings (SSSR count). The number of ether oxygens (including phenoxy) is 2. The Morgan fingerprint density at radius 3 is 2.74 bits per heavy atom.